The number of hydrogen-bond donors (Lipinski definition) is 2. The highest BCUT2D eigenvalue weighted by molar-refractivity contribution is 5.68. The van der Waals surface area contributed by atoms with Gasteiger partial charge in [0.15, 0.2) is 0 Å². The lowest BCUT2D eigenvalue weighted by atomic mass is 10.0. The zero-order valence-electron chi connectivity index (χ0n) is 11.0. The largest absolute Gasteiger partial charge is 0.396 e. The smallest absolute Gasteiger partial charge is 0.309 e. The SMILES string of the molecule is CC(C)C(CCO)Nc1cccc(C#N)c1[N+](=O)[O-]. The fourth-order valence-corrected chi connectivity index (χ4v) is 1.86. The number of aliphatic hydroxyl groups is 1. The van der Waals surface area contributed by atoms with E-state index in [9.17, 15) is 10.1 Å². The summed E-state index contributed by atoms with van der Waals surface area (Å²) in [4.78, 5) is 10.5. The third kappa shape index (κ3) is 3.66. The predicted molar refractivity (Wildman–Crippen MR) is 71.8 cm³/mol. The molecule has 19 heavy (non-hydrogen) atoms. The number of rotatable bonds is 6. The van der Waals surface area contributed by atoms with Gasteiger partial charge in [-0.3, -0.25) is 10.1 Å². The highest BCUT2D eigenvalue weighted by Gasteiger charge is 2.22. The molecule has 1 rings (SSSR count). The molecule has 0 fully saturated rings. The van der Waals surface area contributed by atoms with Gasteiger partial charge in [0.05, 0.1) is 4.92 Å². The van der Waals surface area contributed by atoms with Gasteiger partial charge in [-0.05, 0) is 24.5 Å². The standard InChI is InChI=1S/C13H17N3O3/c1-9(2)11(6-7-17)15-12-5-3-4-10(8-14)13(12)16(18)19/h3-5,9,11,15,17H,6-7H2,1-2H3. The Bertz CT molecular complexity index is 494. The van der Waals surface area contributed by atoms with E-state index in [1.165, 1.54) is 6.07 Å². The molecule has 2 N–H and O–H groups in total. The van der Waals surface area contributed by atoms with Crippen LogP contribution in [-0.4, -0.2) is 22.7 Å². The Labute approximate surface area is 111 Å². The van der Waals surface area contributed by atoms with Crippen LogP contribution in [0.3, 0.4) is 0 Å². The zero-order valence-corrected chi connectivity index (χ0v) is 11.0. The first kappa shape index (κ1) is 14.9. The molecule has 0 aliphatic heterocycles. The second-order valence-electron chi connectivity index (χ2n) is 4.58. The van der Waals surface area contributed by atoms with Crippen LogP contribution in [0.5, 0.6) is 0 Å². The number of hydrogen-bond acceptors (Lipinski definition) is 5. The first-order valence-corrected chi connectivity index (χ1v) is 6.06. The Kier molecular flexibility index (Phi) is 5.27. The van der Waals surface area contributed by atoms with Crippen molar-refractivity contribution in [2.75, 3.05) is 11.9 Å². The number of nitro groups is 1. The molecule has 0 amide bonds. The Hall–Kier alpha value is -2.13. The van der Waals surface area contributed by atoms with Crippen LogP contribution in [0.4, 0.5) is 11.4 Å². The van der Waals surface area contributed by atoms with Gasteiger partial charge in [0.2, 0.25) is 0 Å². The highest BCUT2D eigenvalue weighted by atomic mass is 16.6. The minimum absolute atomic E-state index is 0.00157. The van der Waals surface area contributed by atoms with Gasteiger partial charge in [-0.2, -0.15) is 5.26 Å². The van der Waals surface area contributed by atoms with Crippen molar-refractivity contribution in [2.45, 2.75) is 26.3 Å². The van der Waals surface area contributed by atoms with Crippen molar-refractivity contribution in [3.63, 3.8) is 0 Å². The first-order valence-electron chi connectivity index (χ1n) is 6.06. The molecule has 6 nitrogen and oxygen atoms in total. The van der Waals surface area contributed by atoms with E-state index in [0.29, 0.717) is 12.1 Å². The quantitative estimate of drug-likeness (QED) is 0.606. The average molecular weight is 263 g/mol. The van der Waals surface area contributed by atoms with Gasteiger partial charge in [-0.1, -0.05) is 19.9 Å². The van der Waals surface area contributed by atoms with E-state index in [1.807, 2.05) is 19.9 Å². The second-order valence-corrected chi connectivity index (χ2v) is 4.58. The second kappa shape index (κ2) is 6.71. The zero-order chi connectivity index (χ0) is 14.4. The number of benzene rings is 1. The van der Waals surface area contributed by atoms with E-state index in [0.717, 1.165) is 0 Å². The minimum Gasteiger partial charge on any atom is -0.396 e. The fraction of sp³-hybridized carbons (Fsp3) is 0.462. The van der Waals surface area contributed by atoms with Crippen molar-refractivity contribution in [1.29, 1.82) is 5.26 Å². The molecular weight excluding hydrogens is 246 g/mol. The fourth-order valence-electron chi connectivity index (χ4n) is 1.86. The lowest BCUT2D eigenvalue weighted by Gasteiger charge is -2.22. The van der Waals surface area contributed by atoms with Crippen LogP contribution in [0.2, 0.25) is 0 Å². The van der Waals surface area contributed by atoms with Gasteiger partial charge < -0.3 is 10.4 Å². The van der Waals surface area contributed by atoms with Crippen LogP contribution in [0.1, 0.15) is 25.8 Å². The van der Waals surface area contributed by atoms with Crippen molar-refractivity contribution in [2.24, 2.45) is 5.92 Å². The van der Waals surface area contributed by atoms with Gasteiger partial charge in [0.1, 0.15) is 17.3 Å². The number of nitriles is 1. The van der Waals surface area contributed by atoms with Crippen LogP contribution in [0, 0.1) is 27.4 Å². The van der Waals surface area contributed by atoms with E-state index in [2.05, 4.69) is 5.32 Å². The molecule has 1 aromatic rings. The predicted octanol–water partition coefficient (Wildman–Crippen LogP) is 2.29. The number of anilines is 1. The number of nitro benzene ring substituents is 1. The Morgan fingerprint density at radius 1 is 1.53 bits per heavy atom. The number of aliphatic hydroxyl groups excluding tert-OH is 1. The third-order valence-corrected chi connectivity index (χ3v) is 2.92. The van der Waals surface area contributed by atoms with Crippen molar-refractivity contribution in [1.82, 2.24) is 0 Å². The molecule has 0 saturated carbocycles. The highest BCUT2D eigenvalue weighted by Crippen LogP contribution is 2.29. The molecule has 102 valence electrons. The summed E-state index contributed by atoms with van der Waals surface area (Å²) in [5, 5.41) is 32.1. The lowest BCUT2D eigenvalue weighted by molar-refractivity contribution is -0.384. The normalized spacial score (nSPS) is 11.9. The maximum Gasteiger partial charge on any atom is 0.309 e. The molecule has 0 spiro atoms. The molecule has 0 aromatic heterocycles. The first-order chi connectivity index (χ1) is 9.01. The topological polar surface area (TPSA) is 99.2 Å². The molecule has 1 aromatic carbocycles. The minimum atomic E-state index is -0.558. The molecule has 6 heteroatoms. The van der Waals surface area contributed by atoms with Crippen LogP contribution in [0.25, 0.3) is 0 Å². The van der Waals surface area contributed by atoms with Gasteiger partial charge in [-0.25, -0.2) is 0 Å². The van der Waals surface area contributed by atoms with E-state index < -0.39 is 4.92 Å². The molecule has 1 atom stereocenters. The Morgan fingerprint density at radius 3 is 2.68 bits per heavy atom. The Morgan fingerprint density at radius 2 is 2.21 bits per heavy atom. The van der Waals surface area contributed by atoms with E-state index >= 15 is 0 Å². The molecule has 0 heterocycles. The Balaban J connectivity index is 3.13. The van der Waals surface area contributed by atoms with Crippen molar-refractivity contribution >= 4 is 11.4 Å². The summed E-state index contributed by atoms with van der Waals surface area (Å²) in [7, 11) is 0. The van der Waals surface area contributed by atoms with Crippen LogP contribution in [0.15, 0.2) is 18.2 Å². The molecule has 0 radical (unpaired) electrons. The van der Waals surface area contributed by atoms with Crippen molar-refractivity contribution in [3.05, 3.63) is 33.9 Å². The molecule has 0 bridgehead atoms. The van der Waals surface area contributed by atoms with Crippen LogP contribution in [-0.2, 0) is 0 Å². The van der Waals surface area contributed by atoms with E-state index in [-0.39, 0.29) is 29.8 Å². The van der Waals surface area contributed by atoms with Gasteiger partial charge in [0.25, 0.3) is 0 Å². The maximum absolute atomic E-state index is 11.1. The van der Waals surface area contributed by atoms with Crippen LogP contribution >= 0.6 is 0 Å². The van der Waals surface area contributed by atoms with Crippen molar-refractivity contribution in [3.8, 4) is 6.07 Å². The third-order valence-electron chi connectivity index (χ3n) is 2.92. The van der Waals surface area contributed by atoms with Gasteiger partial charge in [-0.15, -0.1) is 0 Å². The summed E-state index contributed by atoms with van der Waals surface area (Å²) < 4.78 is 0. The summed E-state index contributed by atoms with van der Waals surface area (Å²) in [5.74, 6) is 0.206. The molecule has 0 aliphatic rings. The molecule has 0 aliphatic carbocycles. The average Bonchev–Trinajstić information content (AvgIpc) is 2.37. The van der Waals surface area contributed by atoms with Crippen molar-refractivity contribution < 1.29 is 10.0 Å². The molecule has 0 saturated heterocycles. The summed E-state index contributed by atoms with van der Waals surface area (Å²) in [5.41, 5.74) is 0.131. The summed E-state index contributed by atoms with van der Waals surface area (Å²) in [6, 6.07) is 6.33. The number of para-hydroxylation sites is 1. The summed E-state index contributed by atoms with van der Waals surface area (Å²) in [6.45, 7) is 3.93. The number of nitrogens with zero attached hydrogens (tertiary/aromatic N) is 2. The monoisotopic (exact) mass is 263 g/mol. The molecular formula is C13H17N3O3. The van der Waals surface area contributed by atoms with E-state index in [4.69, 9.17) is 10.4 Å². The van der Waals surface area contributed by atoms with Gasteiger partial charge >= 0.3 is 5.69 Å². The van der Waals surface area contributed by atoms with Crippen LogP contribution < -0.4 is 5.32 Å². The lowest BCUT2D eigenvalue weighted by Crippen LogP contribution is -2.27. The van der Waals surface area contributed by atoms with E-state index in [1.54, 1.807) is 12.1 Å². The summed E-state index contributed by atoms with van der Waals surface area (Å²) >= 11 is 0. The molecule has 1 unspecified atom stereocenters. The number of nitrogens with one attached hydrogen (secondary N) is 1. The maximum atomic E-state index is 11.1. The summed E-state index contributed by atoms with van der Waals surface area (Å²) in [6.07, 6.45) is 0.492. The van der Waals surface area contributed by atoms with Gasteiger partial charge in [0, 0.05) is 12.6 Å².